The molecule has 0 bridgehead atoms. The zero-order valence-corrected chi connectivity index (χ0v) is 14.3. The molecular formula is C16H15Cl2F2N3O. The van der Waals surface area contributed by atoms with Gasteiger partial charge in [-0.05, 0) is 30.5 Å². The average molecular weight is 374 g/mol. The Kier molecular flexibility index (Phi) is 4.78. The third kappa shape index (κ3) is 3.26. The van der Waals surface area contributed by atoms with Gasteiger partial charge in [0.1, 0.15) is 5.69 Å². The third-order valence-electron chi connectivity index (χ3n) is 4.26. The second kappa shape index (κ2) is 6.69. The first kappa shape index (κ1) is 17.2. The molecule has 0 aliphatic heterocycles. The van der Waals surface area contributed by atoms with E-state index in [1.165, 1.54) is 17.9 Å². The van der Waals surface area contributed by atoms with E-state index >= 15 is 0 Å². The predicted molar refractivity (Wildman–Crippen MR) is 87.9 cm³/mol. The minimum absolute atomic E-state index is 0.0467. The van der Waals surface area contributed by atoms with E-state index in [1.54, 1.807) is 12.1 Å². The van der Waals surface area contributed by atoms with Crippen molar-refractivity contribution >= 4 is 29.1 Å². The fraction of sp³-hybridized carbons (Fsp3) is 0.375. The number of benzene rings is 1. The Morgan fingerprint density at radius 1 is 1.38 bits per heavy atom. The van der Waals surface area contributed by atoms with Crippen molar-refractivity contribution in [2.45, 2.75) is 31.2 Å². The summed E-state index contributed by atoms with van der Waals surface area (Å²) in [5.41, 5.74) is 0.300. The molecule has 4 nitrogen and oxygen atoms in total. The zero-order chi connectivity index (χ0) is 17.4. The van der Waals surface area contributed by atoms with Gasteiger partial charge >= 0.3 is 0 Å². The molecule has 0 radical (unpaired) electrons. The molecule has 1 N–H and O–H groups in total. The second-order valence-electron chi connectivity index (χ2n) is 5.83. The number of aryl methyl sites for hydroxylation is 1. The fourth-order valence-corrected chi connectivity index (χ4v) is 3.48. The van der Waals surface area contributed by atoms with Crippen LogP contribution in [0.2, 0.25) is 10.0 Å². The second-order valence-corrected chi connectivity index (χ2v) is 6.68. The molecular weight excluding hydrogens is 359 g/mol. The molecule has 1 heterocycles. The fourth-order valence-electron chi connectivity index (χ4n) is 2.94. The summed E-state index contributed by atoms with van der Waals surface area (Å²) in [4.78, 5) is 12.4. The van der Waals surface area contributed by atoms with E-state index in [9.17, 15) is 13.6 Å². The van der Waals surface area contributed by atoms with Crippen LogP contribution in [0.25, 0.3) is 0 Å². The van der Waals surface area contributed by atoms with Gasteiger partial charge in [-0.25, -0.2) is 8.78 Å². The number of carbonyl (C=O) groups is 1. The quantitative estimate of drug-likeness (QED) is 0.866. The Morgan fingerprint density at radius 2 is 2.12 bits per heavy atom. The predicted octanol–water partition coefficient (Wildman–Crippen LogP) is 4.34. The van der Waals surface area contributed by atoms with E-state index in [0.29, 0.717) is 10.0 Å². The maximum atomic E-state index is 13.0. The number of hydrogen-bond donors (Lipinski definition) is 1. The lowest BCUT2D eigenvalue weighted by Crippen LogP contribution is -2.45. The van der Waals surface area contributed by atoms with Crippen molar-refractivity contribution in [3.8, 4) is 0 Å². The number of nitrogens with one attached hydrogen (secondary N) is 1. The van der Waals surface area contributed by atoms with Crippen LogP contribution in [0.4, 0.5) is 8.78 Å². The highest BCUT2D eigenvalue weighted by atomic mass is 35.5. The molecule has 1 aliphatic rings. The van der Waals surface area contributed by atoms with E-state index < -0.39 is 18.0 Å². The normalized spacial score (nSPS) is 20.1. The third-order valence-corrected chi connectivity index (χ3v) is 4.82. The van der Waals surface area contributed by atoms with Gasteiger partial charge in [-0.1, -0.05) is 29.3 Å². The van der Waals surface area contributed by atoms with E-state index in [0.717, 1.165) is 18.4 Å². The highest BCUT2D eigenvalue weighted by Gasteiger charge is 2.35. The molecule has 24 heavy (non-hydrogen) atoms. The molecule has 1 aromatic heterocycles. The van der Waals surface area contributed by atoms with Crippen LogP contribution in [-0.2, 0) is 7.05 Å². The van der Waals surface area contributed by atoms with Crippen molar-refractivity contribution in [1.82, 2.24) is 15.1 Å². The number of nitrogens with zero attached hydrogens (tertiary/aromatic N) is 2. The van der Waals surface area contributed by atoms with Gasteiger partial charge in [-0.15, -0.1) is 0 Å². The van der Waals surface area contributed by atoms with E-state index in [4.69, 9.17) is 23.2 Å². The van der Waals surface area contributed by atoms with Crippen molar-refractivity contribution < 1.29 is 13.6 Å². The smallest absolute Gasteiger partial charge is 0.282 e. The first-order valence-electron chi connectivity index (χ1n) is 7.44. The number of carbonyl (C=O) groups excluding carboxylic acids is 1. The molecule has 0 saturated heterocycles. The lowest BCUT2D eigenvalue weighted by atomic mass is 9.75. The van der Waals surface area contributed by atoms with Crippen LogP contribution in [0.1, 0.15) is 46.8 Å². The van der Waals surface area contributed by atoms with E-state index in [1.807, 2.05) is 6.07 Å². The van der Waals surface area contributed by atoms with Crippen LogP contribution in [0.3, 0.4) is 0 Å². The highest BCUT2D eigenvalue weighted by Crippen LogP contribution is 2.41. The summed E-state index contributed by atoms with van der Waals surface area (Å²) < 4.78 is 27.2. The lowest BCUT2D eigenvalue weighted by Gasteiger charge is -2.38. The molecule has 1 saturated carbocycles. The number of halogens is 4. The number of aromatic nitrogens is 2. The SMILES string of the molecule is Cn1cc(C(=O)N[C@H]2CC[C@H]2c2ccc(Cl)cc2Cl)c(C(F)F)n1. The maximum Gasteiger partial charge on any atom is 0.282 e. The highest BCUT2D eigenvalue weighted by molar-refractivity contribution is 6.35. The van der Waals surface area contributed by atoms with Crippen LogP contribution in [0, 0.1) is 0 Å². The van der Waals surface area contributed by atoms with Gasteiger partial charge in [0.25, 0.3) is 12.3 Å². The molecule has 2 atom stereocenters. The lowest BCUT2D eigenvalue weighted by molar-refractivity contribution is 0.0891. The average Bonchev–Trinajstić information content (AvgIpc) is 2.88. The Labute approximate surface area is 147 Å². The van der Waals surface area contributed by atoms with Crippen molar-refractivity contribution in [3.63, 3.8) is 0 Å². The molecule has 1 fully saturated rings. The van der Waals surface area contributed by atoms with E-state index in [-0.39, 0.29) is 17.5 Å². The minimum Gasteiger partial charge on any atom is -0.349 e. The molecule has 1 amide bonds. The number of hydrogen-bond acceptors (Lipinski definition) is 2. The van der Waals surface area contributed by atoms with Gasteiger partial charge < -0.3 is 5.32 Å². The Hall–Kier alpha value is -1.66. The van der Waals surface area contributed by atoms with Gasteiger partial charge in [0.2, 0.25) is 0 Å². The van der Waals surface area contributed by atoms with Gasteiger partial charge in [-0.2, -0.15) is 5.10 Å². The summed E-state index contributed by atoms with van der Waals surface area (Å²) in [6.07, 6.45) is 0.135. The monoisotopic (exact) mass is 373 g/mol. The number of rotatable bonds is 4. The van der Waals surface area contributed by atoms with Gasteiger partial charge in [0.15, 0.2) is 0 Å². The summed E-state index contributed by atoms with van der Waals surface area (Å²) in [6, 6.07) is 5.09. The first-order chi connectivity index (χ1) is 11.4. The Balaban J connectivity index is 1.76. The first-order valence-corrected chi connectivity index (χ1v) is 8.20. The summed E-state index contributed by atoms with van der Waals surface area (Å²) in [7, 11) is 1.50. The molecule has 8 heteroatoms. The van der Waals surface area contributed by atoms with Crippen LogP contribution >= 0.6 is 23.2 Å². The zero-order valence-electron chi connectivity index (χ0n) is 12.8. The molecule has 128 valence electrons. The van der Waals surface area contributed by atoms with Gasteiger partial charge in [0, 0.05) is 35.2 Å². The molecule has 0 unspecified atom stereocenters. The summed E-state index contributed by atoms with van der Waals surface area (Å²) in [5, 5.41) is 7.55. The topological polar surface area (TPSA) is 46.9 Å². The maximum absolute atomic E-state index is 13.0. The number of alkyl halides is 2. The van der Waals surface area contributed by atoms with Crippen LogP contribution < -0.4 is 5.32 Å². The van der Waals surface area contributed by atoms with Crippen molar-refractivity contribution in [1.29, 1.82) is 0 Å². The van der Waals surface area contributed by atoms with Crippen LogP contribution in [0.5, 0.6) is 0 Å². The summed E-state index contributed by atoms with van der Waals surface area (Å²) in [5.74, 6) is -0.497. The Morgan fingerprint density at radius 3 is 2.71 bits per heavy atom. The molecule has 3 rings (SSSR count). The standard InChI is InChI=1S/C16H15Cl2F2N3O/c1-23-7-11(14(22-23)15(19)20)16(24)21-13-5-4-10(13)9-3-2-8(17)6-12(9)18/h2-3,6-7,10,13,15H,4-5H2,1H3,(H,21,24)/t10-,13-/m0/s1. The van der Waals surface area contributed by atoms with Gasteiger partial charge in [0.05, 0.1) is 5.56 Å². The van der Waals surface area contributed by atoms with Crippen LogP contribution in [0.15, 0.2) is 24.4 Å². The minimum atomic E-state index is -2.80. The van der Waals surface area contributed by atoms with Crippen molar-refractivity contribution in [2.24, 2.45) is 7.05 Å². The molecule has 1 aliphatic carbocycles. The summed E-state index contributed by atoms with van der Waals surface area (Å²) >= 11 is 12.1. The van der Waals surface area contributed by atoms with E-state index in [2.05, 4.69) is 10.4 Å². The van der Waals surface area contributed by atoms with Crippen molar-refractivity contribution in [3.05, 3.63) is 51.3 Å². The summed E-state index contributed by atoms with van der Waals surface area (Å²) in [6.45, 7) is 0. The largest absolute Gasteiger partial charge is 0.349 e. The van der Waals surface area contributed by atoms with Crippen molar-refractivity contribution in [2.75, 3.05) is 0 Å². The Bertz CT molecular complexity index is 779. The van der Waals surface area contributed by atoms with Gasteiger partial charge in [-0.3, -0.25) is 9.48 Å². The molecule has 2 aromatic rings. The molecule has 1 aromatic carbocycles. The molecule has 0 spiro atoms. The van der Waals surface area contributed by atoms with Crippen LogP contribution in [-0.4, -0.2) is 21.7 Å². The number of amides is 1.